The van der Waals surface area contributed by atoms with Crippen molar-refractivity contribution in [1.29, 1.82) is 0 Å². The highest BCUT2D eigenvalue weighted by molar-refractivity contribution is 6.17. The summed E-state index contributed by atoms with van der Waals surface area (Å²) in [5, 5.41) is 0. The standard InChI is InChI=1S/C13H19ClN2O2/c1-17-12-3-2-7-15-13(12)16-8-4-11(5-9-16)18-10-6-14/h2-3,7,11H,4-6,8-10H2,1H3. The second-order valence-corrected chi connectivity index (χ2v) is 4.65. The van der Waals surface area contributed by atoms with Crippen molar-refractivity contribution < 1.29 is 9.47 Å². The third kappa shape index (κ3) is 3.27. The summed E-state index contributed by atoms with van der Waals surface area (Å²) in [6.07, 6.45) is 4.15. The molecule has 0 bridgehead atoms. The van der Waals surface area contributed by atoms with Gasteiger partial charge in [-0.1, -0.05) is 0 Å². The molecule has 0 saturated carbocycles. The molecule has 0 radical (unpaired) electrons. The van der Waals surface area contributed by atoms with Crippen LogP contribution in [0.4, 0.5) is 5.82 Å². The van der Waals surface area contributed by atoms with Crippen LogP contribution >= 0.6 is 11.6 Å². The largest absolute Gasteiger partial charge is 0.493 e. The van der Waals surface area contributed by atoms with E-state index in [-0.39, 0.29) is 0 Å². The Hall–Kier alpha value is -1.00. The molecule has 1 fully saturated rings. The van der Waals surface area contributed by atoms with Crippen LogP contribution in [-0.2, 0) is 4.74 Å². The Labute approximate surface area is 113 Å². The van der Waals surface area contributed by atoms with Crippen LogP contribution in [0.25, 0.3) is 0 Å². The van der Waals surface area contributed by atoms with Crippen molar-refractivity contribution >= 4 is 17.4 Å². The topological polar surface area (TPSA) is 34.6 Å². The van der Waals surface area contributed by atoms with Crippen LogP contribution in [0.3, 0.4) is 0 Å². The molecule has 1 aromatic rings. The van der Waals surface area contributed by atoms with Crippen molar-refractivity contribution in [2.24, 2.45) is 0 Å². The molecule has 5 heteroatoms. The highest BCUT2D eigenvalue weighted by Gasteiger charge is 2.22. The molecule has 1 aromatic heterocycles. The van der Waals surface area contributed by atoms with E-state index in [2.05, 4.69) is 9.88 Å². The summed E-state index contributed by atoms with van der Waals surface area (Å²) >= 11 is 5.62. The Morgan fingerprint density at radius 1 is 1.44 bits per heavy atom. The number of anilines is 1. The van der Waals surface area contributed by atoms with Gasteiger partial charge in [0, 0.05) is 25.2 Å². The predicted octanol–water partition coefficient (Wildman–Crippen LogP) is 2.31. The van der Waals surface area contributed by atoms with E-state index < -0.39 is 0 Å². The predicted molar refractivity (Wildman–Crippen MR) is 72.7 cm³/mol. The first kappa shape index (κ1) is 13.4. The summed E-state index contributed by atoms with van der Waals surface area (Å²) in [4.78, 5) is 6.65. The summed E-state index contributed by atoms with van der Waals surface area (Å²) < 4.78 is 11.0. The smallest absolute Gasteiger partial charge is 0.171 e. The molecule has 2 heterocycles. The SMILES string of the molecule is COc1cccnc1N1CCC(OCCCl)CC1. The highest BCUT2D eigenvalue weighted by Crippen LogP contribution is 2.27. The third-order valence-electron chi connectivity index (χ3n) is 3.14. The lowest BCUT2D eigenvalue weighted by molar-refractivity contribution is 0.0470. The van der Waals surface area contributed by atoms with Crippen molar-refractivity contribution in [2.45, 2.75) is 18.9 Å². The van der Waals surface area contributed by atoms with Gasteiger partial charge in [0.15, 0.2) is 11.6 Å². The Morgan fingerprint density at radius 3 is 2.89 bits per heavy atom. The maximum absolute atomic E-state index is 5.66. The zero-order chi connectivity index (χ0) is 12.8. The fraction of sp³-hybridized carbons (Fsp3) is 0.615. The second-order valence-electron chi connectivity index (χ2n) is 4.28. The van der Waals surface area contributed by atoms with Crippen LogP contribution in [0, 0.1) is 0 Å². The van der Waals surface area contributed by atoms with Gasteiger partial charge >= 0.3 is 0 Å². The minimum absolute atomic E-state index is 0.328. The lowest BCUT2D eigenvalue weighted by atomic mass is 10.1. The van der Waals surface area contributed by atoms with Crippen molar-refractivity contribution in [2.75, 3.05) is 37.6 Å². The number of aromatic nitrogens is 1. The van der Waals surface area contributed by atoms with E-state index in [0.717, 1.165) is 37.5 Å². The molecule has 2 rings (SSSR count). The van der Waals surface area contributed by atoms with Crippen LogP contribution in [-0.4, -0.2) is 43.8 Å². The number of hydrogen-bond acceptors (Lipinski definition) is 4. The van der Waals surface area contributed by atoms with E-state index >= 15 is 0 Å². The molecule has 18 heavy (non-hydrogen) atoms. The number of nitrogens with zero attached hydrogens (tertiary/aromatic N) is 2. The fourth-order valence-corrected chi connectivity index (χ4v) is 2.31. The zero-order valence-corrected chi connectivity index (χ0v) is 11.4. The fourth-order valence-electron chi connectivity index (χ4n) is 2.22. The van der Waals surface area contributed by atoms with E-state index in [9.17, 15) is 0 Å². The first-order chi connectivity index (χ1) is 8.85. The normalized spacial score (nSPS) is 16.9. The van der Waals surface area contributed by atoms with Gasteiger partial charge < -0.3 is 14.4 Å². The van der Waals surface area contributed by atoms with E-state index in [1.807, 2.05) is 12.1 Å². The molecule has 0 unspecified atom stereocenters. The Morgan fingerprint density at radius 2 is 2.22 bits per heavy atom. The number of ether oxygens (including phenoxy) is 2. The maximum atomic E-state index is 5.66. The lowest BCUT2D eigenvalue weighted by Crippen LogP contribution is -2.37. The van der Waals surface area contributed by atoms with Crippen LogP contribution in [0.1, 0.15) is 12.8 Å². The van der Waals surface area contributed by atoms with Gasteiger partial charge in [-0.15, -0.1) is 11.6 Å². The molecule has 0 atom stereocenters. The van der Waals surface area contributed by atoms with E-state index in [1.54, 1.807) is 13.3 Å². The average molecular weight is 271 g/mol. The summed E-state index contributed by atoms with van der Waals surface area (Å²) in [6, 6.07) is 3.83. The Kier molecular flexibility index (Phi) is 5.08. The Bertz CT molecular complexity index is 368. The minimum Gasteiger partial charge on any atom is -0.493 e. The molecule has 0 spiro atoms. The van der Waals surface area contributed by atoms with Crippen molar-refractivity contribution in [3.8, 4) is 5.75 Å². The van der Waals surface area contributed by atoms with Gasteiger partial charge in [-0.05, 0) is 25.0 Å². The van der Waals surface area contributed by atoms with E-state index in [4.69, 9.17) is 21.1 Å². The summed E-state index contributed by atoms with van der Waals surface area (Å²) in [5.41, 5.74) is 0. The second kappa shape index (κ2) is 6.81. The summed E-state index contributed by atoms with van der Waals surface area (Å²) in [5.74, 6) is 2.32. The van der Waals surface area contributed by atoms with Crippen LogP contribution in [0.5, 0.6) is 5.75 Å². The molecular formula is C13H19ClN2O2. The number of piperidine rings is 1. The zero-order valence-electron chi connectivity index (χ0n) is 10.6. The average Bonchev–Trinajstić information content (AvgIpc) is 2.45. The molecule has 0 amide bonds. The van der Waals surface area contributed by atoms with Crippen LogP contribution in [0.2, 0.25) is 0 Å². The van der Waals surface area contributed by atoms with Gasteiger partial charge in [-0.2, -0.15) is 0 Å². The van der Waals surface area contributed by atoms with Gasteiger partial charge in [0.2, 0.25) is 0 Å². The number of halogens is 1. The molecule has 4 nitrogen and oxygen atoms in total. The molecule has 0 aliphatic carbocycles. The molecular weight excluding hydrogens is 252 g/mol. The van der Waals surface area contributed by atoms with Crippen molar-refractivity contribution in [1.82, 2.24) is 4.98 Å². The van der Waals surface area contributed by atoms with Gasteiger partial charge in [0.1, 0.15) is 0 Å². The highest BCUT2D eigenvalue weighted by atomic mass is 35.5. The number of alkyl halides is 1. The third-order valence-corrected chi connectivity index (χ3v) is 3.30. The van der Waals surface area contributed by atoms with Crippen molar-refractivity contribution in [3.05, 3.63) is 18.3 Å². The molecule has 1 aliphatic rings. The van der Waals surface area contributed by atoms with Gasteiger partial charge in [0.25, 0.3) is 0 Å². The maximum Gasteiger partial charge on any atom is 0.171 e. The number of pyridine rings is 1. The molecule has 1 aliphatic heterocycles. The minimum atomic E-state index is 0.328. The first-order valence-electron chi connectivity index (χ1n) is 6.26. The molecule has 100 valence electrons. The molecule has 0 N–H and O–H groups in total. The summed E-state index contributed by atoms with van der Waals surface area (Å²) in [7, 11) is 1.68. The van der Waals surface area contributed by atoms with Gasteiger partial charge in [0.05, 0.1) is 19.8 Å². The van der Waals surface area contributed by atoms with E-state index in [1.165, 1.54) is 0 Å². The van der Waals surface area contributed by atoms with Gasteiger partial charge in [-0.3, -0.25) is 0 Å². The van der Waals surface area contributed by atoms with Crippen molar-refractivity contribution in [3.63, 3.8) is 0 Å². The monoisotopic (exact) mass is 270 g/mol. The quantitative estimate of drug-likeness (QED) is 0.769. The number of hydrogen-bond donors (Lipinski definition) is 0. The first-order valence-corrected chi connectivity index (χ1v) is 6.80. The number of methoxy groups -OCH3 is 1. The van der Waals surface area contributed by atoms with Crippen LogP contribution < -0.4 is 9.64 Å². The van der Waals surface area contributed by atoms with Crippen LogP contribution in [0.15, 0.2) is 18.3 Å². The van der Waals surface area contributed by atoms with E-state index in [0.29, 0.717) is 18.6 Å². The molecule has 1 saturated heterocycles. The Balaban J connectivity index is 1.92. The number of rotatable bonds is 5. The lowest BCUT2D eigenvalue weighted by Gasteiger charge is -2.33. The summed E-state index contributed by atoms with van der Waals surface area (Å²) in [6.45, 7) is 2.53. The molecule has 0 aromatic carbocycles. The van der Waals surface area contributed by atoms with Gasteiger partial charge in [-0.25, -0.2) is 4.98 Å².